The van der Waals surface area contributed by atoms with E-state index in [0.717, 1.165) is 35.6 Å². The quantitative estimate of drug-likeness (QED) is 0.394. The Morgan fingerprint density at radius 3 is 2.41 bits per heavy atom. The van der Waals surface area contributed by atoms with Gasteiger partial charge in [-0.1, -0.05) is 42.5 Å². The van der Waals surface area contributed by atoms with Gasteiger partial charge in [-0.3, -0.25) is 9.59 Å². The molecule has 0 saturated carbocycles. The van der Waals surface area contributed by atoms with Gasteiger partial charge in [0.25, 0.3) is 0 Å². The molecule has 0 bridgehead atoms. The molecule has 0 unspecified atom stereocenters. The number of ether oxygens (including phenoxy) is 1. The van der Waals surface area contributed by atoms with Gasteiger partial charge in [0.15, 0.2) is 12.4 Å². The lowest BCUT2D eigenvalue weighted by atomic mass is 9.98. The van der Waals surface area contributed by atoms with E-state index >= 15 is 0 Å². The summed E-state index contributed by atoms with van der Waals surface area (Å²) in [6.45, 7) is 0.209. The highest BCUT2D eigenvalue weighted by Gasteiger charge is 2.33. The average Bonchev–Trinajstić information content (AvgIpc) is 3.35. The van der Waals surface area contributed by atoms with Crippen molar-refractivity contribution in [3.05, 3.63) is 77.4 Å². The van der Waals surface area contributed by atoms with E-state index in [9.17, 15) is 18.0 Å². The first-order valence-corrected chi connectivity index (χ1v) is 13.2. The third-order valence-electron chi connectivity index (χ3n) is 6.91. The topological polar surface area (TPSA) is 80.8 Å². The van der Waals surface area contributed by atoms with E-state index in [4.69, 9.17) is 4.74 Å². The Labute approximate surface area is 199 Å². The molecule has 0 spiro atoms. The van der Waals surface area contributed by atoms with E-state index in [1.54, 1.807) is 24.3 Å². The van der Waals surface area contributed by atoms with E-state index in [1.165, 1.54) is 9.87 Å². The molecule has 1 aliphatic carbocycles. The van der Waals surface area contributed by atoms with Crippen molar-refractivity contribution >= 4 is 32.5 Å². The van der Waals surface area contributed by atoms with E-state index in [2.05, 4.69) is 0 Å². The number of esters is 1. The van der Waals surface area contributed by atoms with Crippen molar-refractivity contribution in [2.75, 3.05) is 19.7 Å². The Balaban J connectivity index is 1.16. The number of carbonyl (C=O) groups is 2. The number of hydrogen-bond donors (Lipinski definition) is 0. The normalized spacial score (nSPS) is 16.9. The van der Waals surface area contributed by atoms with Gasteiger partial charge in [0.1, 0.15) is 0 Å². The number of carbonyl (C=O) groups excluding carboxylic acids is 2. The Morgan fingerprint density at radius 1 is 0.882 bits per heavy atom. The Kier molecular flexibility index (Phi) is 6.23. The molecular formula is C27H27NO5S. The minimum Gasteiger partial charge on any atom is -0.457 e. The first-order valence-electron chi connectivity index (χ1n) is 11.7. The molecule has 1 fully saturated rings. The zero-order chi connectivity index (χ0) is 23.7. The van der Waals surface area contributed by atoms with Gasteiger partial charge in [0, 0.05) is 18.7 Å². The number of Topliss-reactive ketones (excluding diaryl/α,β-unsaturated/α-hetero) is 1. The van der Waals surface area contributed by atoms with Gasteiger partial charge in [-0.25, -0.2) is 8.42 Å². The monoisotopic (exact) mass is 477 g/mol. The van der Waals surface area contributed by atoms with Gasteiger partial charge in [0.2, 0.25) is 10.0 Å². The fourth-order valence-electron chi connectivity index (χ4n) is 4.89. The van der Waals surface area contributed by atoms with E-state index in [1.807, 2.05) is 36.4 Å². The number of hydrogen-bond acceptors (Lipinski definition) is 5. The number of fused-ring (bicyclic) bond motifs is 2. The summed E-state index contributed by atoms with van der Waals surface area (Å²) >= 11 is 0. The minimum atomic E-state index is -3.59. The molecule has 3 aromatic carbocycles. The van der Waals surface area contributed by atoms with Gasteiger partial charge in [0.05, 0.1) is 10.8 Å². The second-order valence-electron chi connectivity index (χ2n) is 9.06. The summed E-state index contributed by atoms with van der Waals surface area (Å²) in [6.07, 6.45) is 3.76. The molecule has 0 N–H and O–H groups in total. The molecule has 7 heteroatoms. The predicted molar refractivity (Wildman–Crippen MR) is 129 cm³/mol. The van der Waals surface area contributed by atoms with Gasteiger partial charge in [-0.05, 0) is 72.2 Å². The van der Waals surface area contributed by atoms with Gasteiger partial charge in [-0.2, -0.15) is 4.31 Å². The third-order valence-corrected chi connectivity index (χ3v) is 8.81. The number of aryl methyl sites for hydroxylation is 2. The number of piperidine rings is 1. The van der Waals surface area contributed by atoms with Crippen molar-refractivity contribution in [2.45, 2.75) is 37.0 Å². The molecule has 1 aliphatic heterocycles. The van der Waals surface area contributed by atoms with Crippen molar-refractivity contribution in [2.24, 2.45) is 5.92 Å². The zero-order valence-corrected chi connectivity index (χ0v) is 19.7. The largest absolute Gasteiger partial charge is 0.457 e. The van der Waals surface area contributed by atoms with E-state index < -0.39 is 21.9 Å². The molecule has 0 amide bonds. The maximum atomic E-state index is 13.1. The summed E-state index contributed by atoms with van der Waals surface area (Å²) in [4.78, 5) is 25.4. The highest BCUT2D eigenvalue weighted by atomic mass is 32.2. The Hall–Kier alpha value is -3.03. The molecule has 5 rings (SSSR count). The summed E-state index contributed by atoms with van der Waals surface area (Å²) in [5.41, 5.74) is 2.86. The summed E-state index contributed by atoms with van der Waals surface area (Å²) in [7, 11) is -3.59. The summed E-state index contributed by atoms with van der Waals surface area (Å²) in [6, 6.07) is 18.6. The average molecular weight is 478 g/mol. The maximum Gasteiger partial charge on any atom is 0.309 e. The summed E-state index contributed by atoms with van der Waals surface area (Å²) < 4.78 is 32.9. The number of ketones is 1. The van der Waals surface area contributed by atoms with Crippen molar-refractivity contribution in [1.29, 1.82) is 0 Å². The van der Waals surface area contributed by atoms with Crippen LogP contribution in [0.1, 0.15) is 40.7 Å². The van der Waals surface area contributed by atoms with Crippen LogP contribution in [0.2, 0.25) is 0 Å². The van der Waals surface area contributed by atoms with E-state index in [-0.39, 0.29) is 25.5 Å². The van der Waals surface area contributed by atoms with Crippen LogP contribution in [0.15, 0.2) is 65.6 Å². The lowest BCUT2D eigenvalue weighted by Gasteiger charge is -2.30. The number of nitrogens with zero attached hydrogens (tertiary/aromatic N) is 1. The van der Waals surface area contributed by atoms with Crippen molar-refractivity contribution in [3.63, 3.8) is 0 Å². The number of benzene rings is 3. The van der Waals surface area contributed by atoms with Crippen molar-refractivity contribution < 1.29 is 22.7 Å². The second-order valence-corrected chi connectivity index (χ2v) is 11.0. The minimum absolute atomic E-state index is 0.254. The molecule has 0 aromatic heterocycles. The molecule has 176 valence electrons. The number of rotatable bonds is 6. The fourth-order valence-corrected chi connectivity index (χ4v) is 6.41. The number of sulfonamides is 1. The molecule has 3 aromatic rings. The van der Waals surface area contributed by atoms with Crippen LogP contribution in [0, 0.1) is 5.92 Å². The molecule has 2 aliphatic rings. The molecule has 1 heterocycles. The van der Waals surface area contributed by atoms with Crippen LogP contribution in [0.3, 0.4) is 0 Å². The highest BCUT2D eigenvalue weighted by molar-refractivity contribution is 7.89. The molecule has 6 nitrogen and oxygen atoms in total. The molecule has 34 heavy (non-hydrogen) atoms. The lowest BCUT2D eigenvalue weighted by Crippen LogP contribution is -2.40. The highest BCUT2D eigenvalue weighted by Crippen LogP contribution is 2.29. The van der Waals surface area contributed by atoms with Gasteiger partial charge < -0.3 is 4.74 Å². The van der Waals surface area contributed by atoms with Crippen LogP contribution in [-0.2, 0) is 32.4 Å². The van der Waals surface area contributed by atoms with Gasteiger partial charge in [-0.15, -0.1) is 0 Å². The second kappa shape index (κ2) is 9.31. The van der Waals surface area contributed by atoms with Crippen LogP contribution < -0.4 is 0 Å². The zero-order valence-electron chi connectivity index (χ0n) is 18.9. The fraction of sp³-hybridized carbons (Fsp3) is 0.333. The smallest absolute Gasteiger partial charge is 0.309 e. The van der Waals surface area contributed by atoms with Crippen molar-refractivity contribution in [1.82, 2.24) is 4.31 Å². The van der Waals surface area contributed by atoms with Gasteiger partial charge >= 0.3 is 5.97 Å². The Bertz CT molecular complexity index is 1360. The van der Waals surface area contributed by atoms with Crippen LogP contribution in [0.5, 0.6) is 0 Å². The lowest BCUT2D eigenvalue weighted by molar-refractivity contribution is -0.148. The van der Waals surface area contributed by atoms with Crippen LogP contribution in [0.25, 0.3) is 10.8 Å². The predicted octanol–water partition coefficient (Wildman–Crippen LogP) is 4.16. The van der Waals surface area contributed by atoms with Crippen LogP contribution in [-0.4, -0.2) is 44.2 Å². The molecule has 1 saturated heterocycles. The SMILES string of the molecule is O=C(COC(=O)C1CCN(S(=O)(=O)c2ccc3c(c2)CCC3)CC1)c1ccc2ccccc2c1. The molecule has 0 radical (unpaired) electrons. The summed E-state index contributed by atoms with van der Waals surface area (Å²) in [5.74, 6) is -1.10. The van der Waals surface area contributed by atoms with Crippen molar-refractivity contribution in [3.8, 4) is 0 Å². The summed E-state index contributed by atoms with van der Waals surface area (Å²) in [5, 5.41) is 1.99. The third kappa shape index (κ3) is 4.50. The Morgan fingerprint density at radius 2 is 1.62 bits per heavy atom. The first kappa shape index (κ1) is 22.7. The molecular weight excluding hydrogens is 450 g/mol. The van der Waals surface area contributed by atoms with Crippen LogP contribution >= 0.6 is 0 Å². The van der Waals surface area contributed by atoms with Crippen LogP contribution in [0.4, 0.5) is 0 Å². The first-order chi connectivity index (χ1) is 16.4. The maximum absolute atomic E-state index is 13.1. The standard InChI is InChI=1S/C27H27NO5S/c29-26(24-9-8-19-4-1-2-5-22(19)16-24)18-33-27(30)21-12-14-28(15-13-21)34(31,32)25-11-10-20-6-3-7-23(20)17-25/h1-2,4-5,8-11,16-17,21H,3,6-7,12-15,18H2. The molecule has 0 atom stereocenters. The van der Waals surface area contributed by atoms with E-state index in [0.29, 0.717) is 23.3 Å².